The summed E-state index contributed by atoms with van der Waals surface area (Å²) in [5.74, 6) is 0. The van der Waals surface area contributed by atoms with Gasteiger partial charge in [-0.25, -0.2) is 0 Å². The summed E-state index contributed by atoms with van der Waals surface area (Å²) in [4.78, 5) is 5.12. The Balaban J connectivity index is 1.22. The molecule has 292 valence electrons. The molecule has 2 aliphatic heterocycles. The van der Waals surface area contributed by atoms with Crippen LogP contribution in [0.2, 0.25) is 0 Å². The number of fused-ring (bicyclic) bond motifs is 7. The van der Waals surface area contributed by atoms with Crippen LogP contribution in [0, 0.1) is 6.92 Å². The lowest BCUT2D eigenvalue weighted by atomic mass is 9.33. The topological polar surface area (TPSA) is 6.48 Å². The van der Waals surface area contributed by atoms with Gasteiger partial charge in [0.05, 0.1) is 0 Å². The summed E-state index contributed by atoms with van der Waals surface area (Å²) in [6, 6.07) is 53.8. The Bertz CT molecular complexity index is 2970. The van der Waals surface area contributed by atoms with Crippen molar-refractivity contribution in [3.63, 3.8) is 0 Å². The molecule has 4 heteroatoms. The van der Waals surface area contributed by atoms with Gasteiger partial charge in [-0.3, -0.25) is 0 Å². The van der Waals surface area contributed by atoms with Gasteiger partial charge < -0.3 is 9.80 Å². The van der Waals surface area contributed by atoms with E-state index in [4.69, 9.17) is 0 Å². The number of thiophene rings is 1. The lowest BCUT2D eigenvalue weighted by Crippen LogP contribution is -2.61. The third-order valence-electron chi connectivity index (χ3n) is 12.8. The van der Waals surface area contributed by atoms with Crippen LogP contribution in [-0.2, 0) is 16.2 Å². The van der Waals surface area contributed by atoms with Gasteiger partial charge in [0.15, 0.2) is 0 Å². The Kier molecular flexibility index (Phi) is 8.44. The minimum Gasteiger partial charge on any atom is -0.311 e. The van der Waals surface area contributed by atoms with Crippen LogP contribution in [0.3, 0.4) is 0 Å². The van der Waals surface area contributed by atoms with Crippen LogP contribution in [0.25, 0.3) is 31.3 Å². The second kappa shape index (κ2) is 13.2. The standard InChI is InChI=1S/C55H53BN2S/c1-34-28-48-52-49(29-34)58(41-15-13-14-35(30-41)36-18-25-43-42-16-11-12-17-50(42)59-51(43)31-36)47-33-39(55(8,9)10)21-26-44(47)56(52)45-32-38(54(5,6)7)22-27-46(45)57(48)40-23-19-37(20-24-40)53(2,3)4/h11-33H,1-10H3. The van der Waals surface area contributed by atoms with Crippen molar-refractivity contribution in [2.24, 2.45) is 0 Å². The van der Waals surface area contributed by atoms with Crippen molar-refractivity contribution in [1.82, 2.24) is 0 Å². The maximum absolute atomic E-state index is 2.58. The van der Waals surface area contributed by atoms with Crippen molar-refractivity contribution < 1.29 is 0 Å². The molecule has 10 rings (SSSR count). The summed E-state index contributed by atoms with van der Waals surface area (Å²) in [6.45, 7) is 23.2. The molecule has 0 bridgehead atoms. The summed E-state index contributed by atoms with van der Waals surface area (Å²) < 4.78 is 2.66. The fourth-order valence-corrected chi connectivity index (χ4v) is 10.6. The molecule has 0 saturated carbocycles. The molecule has 3 heterocycles. The Morgan fingerprint density at radius 3 is 1.75 bits per heavy atom. The molecule has 2 aliphatic rings. The molecule has 59 heavy (non-hydrogen) atoms. The van der Waals surface area contributed by atoms with Gasteiger partial charge in [0.25, 0.3) is 6.71 Å². The third kappa shape index (κ3) is 6.22. The van der Waals surface area contributed by atoms with Crippen LogP contribution in [-0.4, -0.2) is 6.71 Å². The van der Waals surface area contributed by atoms with Gasteiger partial charge in [-0.05, 0) is 134 Å². The molecular formula is C55H53BN2S. The molecule has 8 aromatic rings. The minimum atomic E-state index is -0.0137. The molecule has 7 aromatic carbocycles. The summed E-state index contributed by atoms with van der Waals surface area (Å²) >= 11 is 1.88. The number of aryl methyl sites for hydroxylation is 1. The molecule has 0 saturated heterocycles. The molecule has 0 unspecified atom stereocenters. The van der Waals surface area contributed by atoms with Gasteiger partial charge in [-0.1, -0.05) is 141 Å². The van der Waals surface area contributed by atoms with Crippen LogP contribution >= 0.6 is 11.3 Å². The number of rotatable bonds is 3. The summed E-state index contributed by atoms with van der Waals surface area (Å²) in [7, 11) is 0. The number of nitrogens with zero attached hydrogens (tertiary/aromatic N) is 2. The first-order valence-electron chi connectivity index (χ1n) is 21.2. The first-order chi connectivity index (χ1) is 28.0. The molecule has 0 radical (unpaired) electrons. The molecular weight excluding hydrogens is 731 g/mol. The zero-order valence-corrected chi connectivity index (χ0v) is 37.0. The highest BCUT2D eigenvalue weighted by atomic mass is 32.1. The van der Waals surface area contributed by atoms with Gasteiger partial charge in [0, 0.05) is 54.3 Å². The van der Waals surface area contributed by atoms with E-state index < -0.39 is 0 Å². The lowest BCUT2D eigenvalue weighted by molar-refractivity contribution is 0.590. The van der Waals surface area contributed by atoms with E-state index in [1.807, 2.05) is 11.3 Å². The summed E-state index contributed by atoms with van der Waals surface area (Å²) in [5, 5.41) is 2.66. The number of hydrogen-bond donors (Lipinski definition) is 0. The van der Waals surface area contributed by atoms with Crippen LogP contribution in [0.4, 0.5) is 34.1 Å². The van der Waals surface area contributed by atoms with Gasteiger partial charge in [0.1, 0.15) is 0 Å². The van der Waals surface area contributed by atoms with Crippen molar-refractivity contribution in [1.29, 1.82) is 0 Å². The van der Waals surface area contributed by atoms with Gasteiger partial charge in [-0.2, -0.15) is 0 Å². The fourth-order valence-electron chi connectivity index (χ4n) is 9.46. The van der Waals surface area contributed by atoms with Gasteiger partial charge >= 0.3 is 0 Å². The molecule has 0 spiro atoms. The molecule has 0 atom stereocenters. The molecule has 0 aliphatic carbocycles. The molecule has 0 N–H and O–H groups in total. The van der Waals surface area contributed by atoms with E-state index >= 15 is 0 Å². The predicted octanol–water partition coefficient (Wildman–Crippen LogP) is 14.0. The number of benzene rings is 7. The van der Waals surface area contributed by atoms with Crippen LogP contribution in [0.15, 0.2) is 140 Å². The predicted molar refractivity (Wildman–Crippen MR) is 260 cm³/mol. The second-order valence-electron chi connectivity index (χ2n) is 20.0. The SMILES string of the molecule is Cc1cc2c3c(c1)N(c1cccc(-c4ccc5c(c4)sc4ccccc45)c1)c1cc(C(C)(C)C)ccc1B3c1cc(C(C)(C)C)ccc1N2c1ccc(C(C)(C)C)cc1. The van der Waals surface area contributed by atoms with E-state index in [1.54, 1.807) is 0 Å². The maximum atomic E-state index is 2.58. The van der Waals surface area contributed by atoms with Crippen LogP contribution in [0.5, 0.6) is 0 Å². The zero-order valence-electron chi connectivity index (χ0n) is 36.2. The maximum Gasteiger partial charge on any atom is 0.252 e. The van der Waals surface area contributed by atoms with Crippen LogP contribution in [0.1, 0.15) is 84.6 Å². The van der Waals surface area contributed by atoms with Crippen molar-refractivity contribution in [2.45, 2.75) is 85.5 Å². The van der Waals surface area contributed by atoms with Crippen molar-refractivity contribution in [3.8, 4) is 11.1 Å². The Hall–Kier alpha value is -5.58. The smallest absolute Gasteiger partial charge is 0.252 e. The van der Waals surface area contributed by atoms with E-state index in [0.717, 1.165) is 0 Å². The van der Waals surface area contributed by atoms with E-state index in [1.165, 1.54) is 104 Å². The highest BCUT2D eigenvalue weighted by Crippen LogP contribution is 2.47. The van der Waals surface area contributed by atoms with Crippen molar-refractivity contribution in [3.05, 3.63) is 162 Å². The first kappa shape index (κ1) is 37.7. The average Bonchev–Trinajstić information content (AvgIpc) is 3.57. The Morgan fingerprint density at radius 1 is 0.424 bits per heavy atom. The molecule has 0 amide bonds. The monoisotopic (exact) mass is 784 g/mol. The highest BCUT2D eigenvalue weighted by molar-refractivity contribution is 7.25. The van der Waals surface area contributed by atoms with Crippen molar-refractivity contribution >= 4 is 88.7 Å². The number of hydrogen-bond acceptors (Lipinski definition) is 3. The zero-order chi connectivity index (χ0) is 41.2. The Labute approximate surface area is 355 Å². The minimum absolute atomic E-state index is 0.00349. The summed E-state index contributed by atoms with van der Waals surface area (Å²) in [6.07, 6.45) is 0. The first-order valence-corrected chi connectivity index (χ1v) is 22.0. The highest BCUT2D eigenvalue weighted by Gasteiger charge is 2.44. The second-order valence-corrected chi connectivity index (χ2v) is 21.1. The molecule has 0 fully saturated rings. The van der Waals surface area contributed by atoms with E-state index in [2.05, 4.69) is 219 Å². The van der Waals surface area contributed by atoms with Crippen LogP contribution < -0.4 is 26.2 Å². The molecule has 2 nitrogen and oxygen atoms in total. The van der Waals surface area contributed by atoms with E-state index in [-0.39, 0.29) is 23.0 Å². The Morgan fingerprint density at radius 2 is 1.03 bits per heavy atom. The van der Waals surface area contributed by atoms with Crippen molar-refractivity contribution in [2.75, 3.05) is 9.80 Å². The van der Waals surface area contributed by atoms with Gasteiger partial charge in [-0.15, -0.1) is 11.3 Å². The lowest BCUT2D eigenvalue weighted by Gasteiger charge is -2.45. The largest absolute Gasteiger partial charge is 0.311 e. The summed E-state index contributed by atoms with van der Waals surface area (Å²) in [5.41, 5.74) is 19.3. The quantitative estimate of drug-likeness (QED) is 0.165. The fraction of sp³-hybridized carbons (Fsp3) is 0.236. The van der Waals surface area contributed by atoms with E-state index in [0.29, 0.717) is 0 Å². The number of anilines is 6. The third-order valence-corrected chi connectivity index (χ3v) is 13.9. The van der Waals surface area contributed by atoms with E-state index in [9.17, 15) is 0 Å². The average molecular weight is 785 g/mol. The van der Waals surface area contributed by atoms with Gasteiger partial charge in [0.2, 0.25) is 0 Å². The normalized spacial score (nSPS) is 13.8. The molecule has 1 aromatic heterocycles.